The van der Waals surface area contributed by atoms with E-state index in [1.54, 1.807) is 18.2 Å². The third-order valence-electron chi connectivity index (χ3n) is 10.8. The SMILES string of the molecule is CCC1=CC(C[C@@H]2CC[C@]3(Cc4cc(O)cc(OCO)c4-c4ccc5c(c43)O[C@H](c3ccc(O)c(OC)c3)[C@H]5COC(C)=O)C2)=CNC1N. The van der Waals surface area contributed by atoms with Crippen LogP contribution in [-0.4, -0.2) is 48.0 Å². The second-order valence-corrected chi connectivity index (χ2v) is 13.7. The van der Waals surface area contributed by atoms with Crippen molar-refractivity contribution in [3.63, 3.8) is 0 Å². The van der Waals surface area contributed by atoms with Gasteiger partial charge in [0, 0.05) is 41.3 Å². The Balaban J connectivity index is 1.35. The predicted molar refractivity (Wildman–Crippen MR) is 184 cm³/mol. The van der Waals surface area contributed by atoms with Gasteiger partial charge in [0.25, 0.3) is 0 Å². The summed E-state index contributed by atoms with van der Waals surface area (Å²) in [6.07, 6.45) is 8.88. The zero-order valence-corrected chi connectivity index (χ0v) is 28.1. The number of aliphatic hydroxyl groups is 1. The Bertz CT molecular complexity index is 1850. The van der Waals surface area contributed by atoms with Gasteiger partial charge in [0.1, 0.15) is 30.0 Å². The number of nitrogens with two attached hydrogens (primary N) is 1. The summed E-state index contributed by atoms with van der Waals surface area (Å²) in [7, 11) is 1.50. The molecule has 49 heavy (non-hydrogen) atoms. The number of phenolic OH excluding ortho intramolecular Hbond substituents is 2. The molecule has 2 aliphatic heterocycles. The van der Waals surface area contributed by atoms with Gasteiger partial charge in [0.05, 0.1) is 19.2 Å². The molecule has 258 valence electrons. The number of benzene rings is 3. The first-order valence-electron chi connectivity index (χ1n) is 17.0. The van der Waals surface area contributed by atoms with Crippen LogP contribution in [0.15, 0.2) is 65.9 Å². The molecule has 1 fully saturated rings. The highest BCUT2D eigenvalue weighted by atomic mass is 16.6. The zero-order valence-electron chi connectivity index (χ0n) is 28.1. The van der Waals surface area contributed by atoms with Crippen molar-refractivity contribution in [3.8, 4) is 39.9 Å². The van der Waals surface area contributed by atoms with Crippen LogP contribution in [0.2, 0.25) is 0 Å². The number of allylic oxidation sites excluding steroid dienone is 2. The molecule has 7 rings (SSSR count). The lowest BCUT2D eigenvalue weighted by Gasteiger charge is -2.39. The Kier molecular flexibility index (Phi) is 8.71. The number of phenols is 2. The molecular weight excluding hydrogens is 624 g/mol. The van der Waals surface area contributed by atoms with E-state index in [4.69, 9.17) is 24.7 Å². The second-order valence-electron chi connectivity index (χ2n) is 13.7. The van der Waals surface area contributed by atoms with Crippen LogP contribution in [0.3, 0.4) is 0 Å². The van der Waals surface area contributed by atoms with Gasteiger partial charge in [-0.15, -0.1) is 0 Å². The number of aromatic hydroxyl groups is 2. The molecule has 1 unspecified atom stereocenters. The molecule has 0 aromatic heterocycles. The molecule has 6 N–H and O–H groups in total. The van der Waals surface area contributed by atoms with Gasteiger partial charge in [0.2, 0.25) is 0 Å². The maximum atomic E-state index is 12.1. The van der Waals surface area contributed by atoms with Crippen molar-refractivity contribution in [3.05, 3.63) is 88.1 Å². The fourth-order valence-electron chi connectivity index (χ4n) is 8.66. The van der Waals surface area contributed by atoms with Gasteiger partial charge in [-0.3, -0.25) is 4.79 Å². The number of rotatable bonds is 9. The summed E-state index contributed by atoms with van der Waals surface area (Å²) in [4.78, 5) is 12.1. The lowest BCUT2D eigenvalue weighted by Crippen LogP contribution is -2.37. The summed E-state index contributed by atoms with van der Waals surface area (Å²) in [6, 6.07) is 12.6. The maximum Gasteiger partial charge on any atom is 0.302 e. The van der Waals surface area contributed by atoms with E-state index in [0.717, 1.165) is 71.2 Å². The molecule has 3 aromatic carbocycles. The third kappa shape index (κ3) is 5.87. The number of dihydropyridines is 1. The number of carbonyl (C=O) groups is 1. The largest absolute Gasteiger partial charge is 0.508 e. The lowest BCUT2D eigenvalue weighted by molar-refractivity contribution is -0.141. The summed E-state index contributed by atoms with van der Waals surface area (Å²) in [5.74, 6) is 1.30. The van der Waals surface area contributed by atoms with Crippen molar-refractivity contribution in [2.75, 3.05) is 20.5 Å². The molecule has 1 saturated carbocycles. The molecule has 2 heterocycles. The number of methoxy groups -OCH3 is 1. The first kappa shape index (κ1) is 32.9. The number of hydrogen-bond donors (Lipinski definition) is 5. The van der Waals surface area contributed by atoms with Gasteiger partial charge >= 0.3 is 5.97 Å². The third-order valence-corrected chi connectivity index (χ3v) is 10.8. The number of ether oxygens (including phenoxy) is 4. The highest BCUT2D eigenvalue weighted by molar-refractivity contribution is 5.84. The van der Waals surface area contributed by atoms with Gasteiger partial charge < -0.3 is 45.3 Å². The molecule has 0 bridgehead atoms. The number of nitrogens with one attached hydrogen (secondary N) is 1. The van der Waals surface area contributed by atoms with Crippen LogP contribution in [0.5, 0.6) is 28.7 Å². The topological polar surface area (TPSA) is 153 Å². The number of fused-ring (bicyclic) bond motifs is 6. The summed E-state index contributed by atoms with van der Waals surface area (Å²) < 4.78 is 23.8. The standard InChI is InChI=1S/C39H44N2O8/c1-4-24-12-23(18-41-38(24)40)11-22-9-10-39(16-22)17-26-13-27(44)15-33(48-20-42)34(26)29-7-6-28-30(19-47-21(2)43)36(49-37(28)35(29)39)25-5-8-31(45)32(14-25)46-3/h5-8,12-15,18,22,30,36,38,41-42,44-45H,4,9-11,16-17,19-20,40H2,1-3H3/t22-,30-,36+,38?,39+/m0/s1. The van der Waals surface area contributed by atoms with Gasteiger partial charge in [-0.05, 0) is 90.5 Å². The van der Waals surface area contributed by atoms with Crippen LogP contribution in [0, 0.1) is 5.92 Å². The van der Waals surface area contributed by atoms with Crippen LogP contribution >= 0.6 is 0 Å². The van der Waals surface area contributed by atoms with Crippen LogP contribution in [0.25, 0.3) is 11.1 Å². The number of aliphatic hydroxyl groups excluding tert-OH is 1. The first-order valence-corrected chi connectivity index (χ1v) is 17.0. The summed E-state index contributed by atoms with van der Waals surface area (Å²) >= 11 is 0. The molecule has 1 spiro atoms. The maximum absolute atomic E-state index is 12.1. The van der Waals surface area contributed by atoms with Crippen molar-refractivity contribution >= 4 is 5.97 Å². The minimum Gasteiger partial charge on any atom is -0.508 e. The summed E-state index contributed by atoms with van der Waals surface area (Å²) in [5, 5.41) is 34.2. The van der Waals surface area contributed by atoms with Crippen molar-refractivity contribution in [2.24, 2.45) is 11.7 Å². The van der Waals surface area contributed by atoms with Gasteiger partial charge in [-0.1, -0.05) is 31.2 Å². The Hall–Kier alpha value is -4.67. The van der Waals surface area contributed by atoms with Gasteiger partial charge in [0.15, 0.2) is 18.3 Å². The van der Waals surface area contributed by atoms with E-state index in [0.29, 0.717) is 23.8 Å². The summed E-state index contributed by atoms with van der Waals surface area (Å²) in [6.45, 7) is 3.10. The van der Waals surface area contributed by atoms with E-state index >= 15 is 0 Å². The van der Waals surface area contributed by atoms with E-state index in [2.05, 4.69) is 24.4 Å². The molecule has 4 aliphatic rings. The number of esters is 1. The van der Waals surface area contributed by atoms with Crippen molar-refractivity contribution < 1.29 is 39.1 Å². The second kappa shape index (κ2) is 13.0. The van der Waals surface area contributed by atoms with Crippen molar-refractivity contribution in [1.82, 2.24) is 5.32 Å². The van der Waals surface area contributed by atoms with Crippen molar-refractivity contribution in [2.45, 2.75) is 76.0 Å². The van der Waals surface area contributed by atoms with Crippen LogP contribution in [0.4, 0.5) is 0 Å². The minimum absolute atomic E-state index is 0.0223. The lowest BCUT2D eigenvalue weighted by atomic mass is 9.65. The predicted octanol–water partition coefficient (Wildman–Crippen LogP) is 5.97. The average Bonchev–Trinajstić information content (AvgIpc) is 3.65. The molecule has 10 nitrogen and oxygen atoms in total. The van der Waals surface area contributed by atoms with Crippen LogP contribution < -0.4 is 25.3 Å². The van der Waals surface area contributed by atoms with E-state index < -0.39 is 12.9 Å². The Morgan fingerprint density at radius 2 is 1.98 bits per heavy atom. The molecule has 0 radical (unpaired) electrons. The number of hydrogen-bond acceptors (Lipinski definition) is 10. The smallest absolute Gasteiger partial charge is 0.302 e. The Morgan fingerprint density at radius 1 is 1.14 bits per heavy atom. The highest BCUT2D eigenvalue weighted by Crippen LogP contribution is 2.62. The fraction of sp³-hybridized carbons (Fsp3) is 0.410. The summed E-state index contributed by atoms with van der Waals surface area (Å²) in [5.41, 5.74) is 13.9. The van der Waals surface area contributed by atoms with Crippen molar-refractivity contribution in [1.29, 1.82) is 0 Å². The quantitative estimate of drug-likeness (QED) is 0.136. The van der Waals surface area contributed by atoms with Crippen LogP contribution in [0.1, 0.15) is 80.2 Å². The van der Waals surface area contributed by atoms with E-state index in [1.165, 1.54) is 25.2 Å². The Morgan fingerprint density at radius 3 is 2.73 bits per heavy atom. The molecule has 0 amide bonds. The molecule has 0 saturated heterocycles. The van der Waals surface area contributed by atoms with E-state index in [9.17, 15) is 20.1 Å². The van der Waals surface area contributed by atoms with E-state index in [1.807, 2.05) is 24.4 Å². The monoisotopic (exact) mass is 668 g/mol. The molecule has 5 atom stereocenters. The van der Waals surface area contributed by atoms with Gasteiger partial charge in [-0.2, -0.15) is 0 Å². The molecule has 3 aromatic rings. The minimum atomic E-state index is -0.533. The first-order chi connectivity index (χ1) is 23.6. The van der Waals surface area contributed by atoms with E-state index in [-0.39, 0.29) is 41.6 Å². The highest BCUT2D eigenvalue weighted by Gasteiger charge is 2.50. The fourth-order valence-corrected chi connectivity index (χ4v) is 8.66. The number of carbonyl (C=O) groups excluding carboxylic acids is 1. The zero-order chi connectivity index (χ0) is 34.4. The molecular formula is C39H44N2O8. The normalized spacial score (nSPS) is 24.9. The molecule has 10 heteroatoms. The average molecular weight is 669 g/mol. The Labute approximate surface area is 286 Å². The van der Waals surface area contributed by atoms with Crippen LogP contribution in [-0.2, 0) is 21.4 Å². The molecule has 2 aliphatic carbocycles. The van der Waals surface area contributed by atoms with Gasteiger partial charge in [-0.25, -0.2) is 0 Å².